The second kappa shape index (κ2) is 7.86. The minimum atomic E-state index is -4.37. The molecule has 0 aromatic heterocycles. The zero-order valence-electron chi connectivity index (χ0n) is 14.5. The monoisotopic (exact) mass is 366 g/mol. The lowest BCUT2D eigenvalue weighted by molar-refractivity contribution is -0.137. The number of nitrogens with zero attached hydrogens (tertiary/aromatic N) is 1. The molecule has 0 spiro atoms. The summed E-state index contributed by atoms with van der Waals surface area (Å²) < 4.78 is 49.8. The Kier molecular flexibility index (Phi) is 5.56. The average molecular weight is 366 g/mol. The van der Waals surface area contributed by atoms with Gasteiger partial charge in [-0.15, -0.1) is 0 Å². The molecule has 1 fully saturated rings. The van der Waals surface area contributed by atoms with Crippen molar-refractivity contribution in [3.63, 3.8) is 0 Å². The Labute approximate surface area is 150 Å². The molecule has 26 heavy (non-hydrogen) atoms. The number of alkyl halides is 3. The molecule has 0 atom stereocenters. The van der Waals surface area contributed by atoms with E-state index in [2.05, 4.69) is 5.32 Å². The fourth-order valence-electron chi connectivity index (χ4n) is 2.87. The normalized spacial score (nSPS) is 15.0. The molecular weight excluding hydrogens is 345 g/mol. The lowest BCUT2D eigenvalue weighted by Gasteiger charge is -2.31. The van der Waals surface area contributed by atoms with Gasteiger partial charge in [-0.25, -0.2) is 0 Å². The molecule has 1 heterocycles. The summed E-state index contributed by atoms with van der Waals surface area (Å²) in [5.41, 5.74) is 1.52. The van der Waals surface area contributed by atoms with Crippen LogP contribution in [0.5, 0.6) is 5.75 Å². The number of ether oxygens (including phenoxy) is 2. The first-order valence-electron chi connectivity index (χ1n) is 8.38. The molecule has 140 valence electrons. The molecule has 2 aromatic carbocycles. The quantitative estimate of drug-likeness (QED) is 0.862. The van der Waals surface area contributed by atoms with Crippen molar-refractivity contribution in [2.45, 2.75) is 12.7 Å². The van der Waals surface area contributed by atoms with Gasteiger partial charge in [0, 0.05) is 19.6 Å². The molecule has 1 aliphatic rings. The van der Waals surface area contributed by atoms with Gasteiger partial charge in [0.1, 0.15) is 5.75 Å². The van der Waals surface area contributed by atoms with Crippen LogP contribution in [0.1, 0.15) is 11.1 Å². The van der Waals surface area contributed by atoms with Crippen molar-refractivity contribution >= 4 is 11.4 Å². The van der Waals surface area contributed by atoms with Crippen molar-refractivity contribution in [2.75, 3.05) is 43.6 Å². The van der Waals surface area contributed by atoms with Gasteiger partial charge in [-0.2, -0.15) is 13.2 Å². The summed E-state index contributed by atoms with van der Waals surface area (Å²) in [5, 5.41) is 3.15. The number of halogens is 3. The average Bonchev–Trinajstić information content (AvgIpc) is 2.66. The molecule has 4 nitrogen and oxygen atoms in total. The maximum absolute atomic E-state index is 13.1. The number of anilines is 2. The second-order valence-electron chi connectivity index (χ2n) is 6.03. The van der Waals surface area contributed by atoms with Crippen LogP contribution in [0.2, 0.25) is 0 Å². The topological polar surface area (TPSA) is 33.7 Å². The maximum Gasteiger partial charge on any atom is 0.416 e. The summed E-state index contributed by atoms with van der Waals surface area (Å²) in [4.78, 5) is 2.04. The van der Waals surface area contributed by atoms with E-state index in [1.54, 1.807) is 7.11 Å². The van der Waals surface area contributed by atoms with Crippen molar-refractivity contribution in [1.82, 2.24) is 0 Å². The predicted octanol–water partition coefficient (Wildman–Crippen LogP) is 4.16. The van der Waals surface area contributed by atoms with E-state index in [4.69, 9.17) is 9.47 Å². The molecule has 1 aliphatic heterocycles. The van der Waals surface area contributed by atoms with Gasteiger partial charge >= 0.3 is 6.18 Å². The molecule has 0 saturated carbocycles. The van der Waals surface area contributed by atoms with E-state index in [9.17, 15) is 13.2 Å². The third kappa shape index (κ3) is 4.40. The van der Waals surface area contributed by atoms with E-state index in [1.807, 2.05) is 29.2 Å². The summed E-state index contributed by atoms with van der Waals surface area (Å²) in [6, 6.07) is 11.3. The van der Waals surface area contributed by atoms with Crippen LogP contribution in [0.4, 0.5) is 24.5 Å². The Bertz CT molecular complexity index is 727. The van der Waals surface area contributed by atoms with Crippen LogP contribution in [0.15, 0.2) is 42.5 Å². The highest BCUT2D eigenvalue weighted by molar-refractivity contribution is 5.71. The molecule has 0 radical (unpaired) electrons. The number of hydrogen-bond acceptors (Lipinski definition) is 4. The van der Waals surface area contributed by atoms with E-state index in [0.29, 0.717) is 38.5 Å². The zero-order chi connectivity index (χ0) is 18.6. The lowest BCUT2D eigenvalue weighted by atomic mass is 10.1. The van der Waals surface area contributed by atoms with E-state index < -0.39 is 11.7 Å². The van der Waals surface area contributed by atoms with Crippen LogP contribution < -0.4 is 15.0 Å². The first-order valence-corrected chi connectivity index (χ1v) is 8.38. The van der Waals surface area contributed by atoms with Gasteiger partial charge in [-0.1, -0.05) is 12.1 Å². The van der Waals surface area contributed by atoms with Crippen molar-refractivity contribution < 1.29 is 22.6 Å². The Morgan fingerprint density at radius 3 is 2.38 bits per heavy atom. The summed E-state index contributed by atoms with van der Waals surface area (Å²) >= 11 is 0. The molecule has 7 heteroatoms. The Morgan fingerprint density at radius 2 is 1.77 bits per heavy atom. The predicted molar refractivity (Wildman–Crippen MR) is 94.8 cm³/mol. The molecule has 0 aliphatic carbocycles. The van der Waals surface area contributed by atoms with Gasteiger partial charge in [0.25, 0.3) is 0 Å². The Balaban J connectivity index is 1.83. The van der Waals surface area contributed by atoms with Gasteiger partial charge in [0.2, 0.25) is 0 Å². The second-order valence-corrected chi connectivity index (χ2v) is 6.03. The number of rotatable bonds is 5. The highest BCUT2D eigenvalue weighted by atomic mass is 19.4. The minimum absolute atomic E-state index is 0.419. The molecule has 2 aromatic rings. The van der Waals surface area contributed by atoms with Gasteiger partial charge in [0.15, 0.2) is 0 Å². The van der Waals surface area contributed by atoms with Crippen LogP contribution in [0.3, 0.4) is 0 Å². The number of nitrogens with one attached hydrogen (secondary N) is 1. The summed E-state index contributed by atoms with van der Waals surface area (Å²) in [7, 11) is 1.59. The van der Waals surface area contributed by atoms with E-state index >= 15 is 0 Å². The van der Waals surface area contributed by atoms with Crippen LogP contribution in [-0.2, 0) is 17.5 Å². The standard InChI is InChI=1S/C19H21F3N2O2/c1-25-16-5-2-14(3-6-16)13-23-17-12-15(19(20,21)22)4-7-18(17)24-8-10-26-11-9-24/h2-7,12,23H,8-11,13H2,1H3. The van der Waals surface area contributed by atoms with Crippen LogP contribution in [0.25, 0.3) is 0 Å². The third-order valence-corrected chi connectivity index (χ3v) is 4.32. The van der Waals surface area contributed by atoms with Gasteiger partial charge in [0.05, 0.1) is 37.3 Å². The highest BCUT2D eigenvalue weighted by Crippen LogP contribution is 2.36. The molecule has 0 bridgehead atoms. The molecular formula is C19H21F3N2O2. The van der Waals surface area contributed by atoms with Crippen LogP contribution in [0, 0.1) is 0 Å². The lowest BCUT2D eigenvalue weighted by Crippen LogP contribution is -2.36. The fourth-order valence-corrected chi connectivity index (χ4v) is 2.87. The van der Waals surface area contributed by atoms with Crippen molar-refractivity contribution in [2.24, 2.45) is 0 Å². The molecule has 0 unspecified atom stereocenters. The van der Waals surface area contributed by atoms with Crippen LogP contribution >= 0.6 is 0 Å². The molecule has 1 N–H and O–H groups in total. The van der Waals surface area contributed by atoms with Gasteiger partial charge in [-0.05, 0) is 35.9 Å². The van der Waals surface area contributed by atoms with E-state index in [0.717, 1.165) is 23.1 Å². The maximum atomic E-state index is 13.1. The summed E-state index contributed by atoms with van der Waals surface area (Å²) in [6.45, 7) is 2.87. The zero-order valence-corrected chi connectivity index (χ0v) is 14.5. The summed E-state index contributed by atoms with van der Waals surface area (Å²) in [5.74, 6) is 0.738. The minimum Gasteiger partial charge on any atom is -0.497 e. The number of hydrogen-bond donors (Lipinski definition) is 1. The van der Waals surface area contributed by atoms with Crippen molar-refractivity contribution in [3.05, 3.63) is 53.6 Å². The van der Waals surface area contributed by atoms with Crippen LogP contribution in [-0.4, -0.2) is 33.4 Å². The highest BCUT2D eigenvalue weighted by Gasteiger charge is 2.31. The smallest absolute Gasteiger partial charge is 0.416 e. The number of morpholine rings is 1. The SMILES string of the molecule is COc1ccc(CNc2cc(C(F)(F)F)ccc2N2CCOCC2)cc1. The third-order valence-electron chi connectivity index (χ3n) is 4.32. The van der Waals surface area contributed by atoms with Gasteiger partial charge in [-0.3, -0.25) is 0 Å². The van der Waals surface area contributed by atoms with E-state index in [1.165, 1.54) is 12.1 Å². The van der Waals surface area contributed by atoms with Gasteiger partial charge < -0.3 is 19.7 Å². The number of methoxy groups -OCH3 is 1. The molecule has 3 rings (SSSR count). The first kappa shape index (κ1) is 18.4. The van der Waals surface area contributed by atoms with Crippen molar-refractivity contribution in [3.8, 4) is 5.75 Å². The fraction of sp³-hybridized carbons (Fsp3) is 0.368. The Morgan fingerprint density at radius 1 is 1.08 bits per heavy atom. The Hall–Kier alpha value is -2.41. The first-order chi connectivity index (χ1) is 12.5. The summed E-state index contributed by atoms with van der Waals surface area (Å²) in [6.07, 6.45) is -4.37. The number of benzene rings is 2. The molecule has 0 amide bonds. The largest absolute Gasteiger partial charge is 0.497 e. The van der Waals surface area contributed by atoms with Crippen molar-refractivity contribution in [1.29, 1.82) is 0 Å². The molecule has 1 saturated heterocycles. The van der Waals surface area contributed by atoms with E-state index in [-0.39, 0.29) is 0 Å².